The van der Waals surface area contributed by atoms with Crippen LogP contribution in [0.1, 0.15) is 78.9 Å². The number of fused-ring (bicyclic) bond motifs is 1. The van der Waals surface area contributed by atoms with Crippen LogP contribution in [-0.4, -0.2) is 61.2 Å². The molecule has 0 bridgehead atoms. The fraction of sp³-hybridized carbons (Fsp3) is 0.657. The summed E-state index contributed by atoms with van der Waals surface area (Å²) in [5, 5.41) is 11.1. The standard InChI is InChI=1S/C35H54O6Si/c1-26(36)35(7)30(40-42(8,9)32(2,3)4)22-29-34(6,41-35)23-31(38-25-28-18-14-11-15-19-28)33(5,39-29)20-21-37-24-27-16-12-10-13-17-27/h10-19,26,29-31,36H,20-25H2,1-9H3/t26?,29-,30+,31-,33+,34+,35-/m1/s1. The normalized spacial score (nSPS) is 32.8. The first kappa shape index (κ1) is 33.3. The molecule has 6 nitrogen and oxygen atoms in total. The van der Waals surface area contributed by atoms with Gasteiger partial charge in [0.2, 0.25) is 0 Å². The number of hydrogen-bond donors (Lipinski definition) is 1. The second-order valence-electron chi connectivity index (χ2n) is 14.6. The Labute approximate surface area is 255 Å². The Bertz CT molecular complexity index is 1140. The van der Waals surface area contributed by atoms with Crippen molar-refractivity contribution in [1.29, 1.82) is 0 Å². The molecule has 0 amide bonds. The molecule has 2 fully saturated rings. The van der Waals surface area contributed by atoms with E-state index in [0.29, 0.717) is 39.1 Å². The highest BCUT2D eigenvalue weighted by atomic mass is 28.4. The molecule has 234 valence electrons. The maximum Gasteiger partial charge on any atom is 0.192 e. The average Bonchev–Trinajstić information content (AvgIpc) is 2.92. The van der Waals surface area contributed by atoms with Gasteiger partial charge in [0, 0.05) is 25.9 Å². The summed E-state index contributed by atoms with van der Waals surface area (Å²) in [6.07, 6.45) is 0.536. The van der Waals surface area contributed by atoms with Gasteiger partial charge in [0.1, 0.15) is 5.60 Å². The minimum Gasteiger partial charge on any atom is -0.411 e. The van der Waals surface area contributed by atoms with Crippen molar-refractivity contribution in [3.63, 3.8) is 0 Å². The summed E-state index contributed by atoms with van der Waals surface area (Å²) in [6, 6.07) is 20.5. The molecule has 1 N–H and O–H groups in total. The first-order valence-corrected chi connectivity index (χ1v) is 18.5. The molecule has 0 aromatic heterocycles. The molecule has 42 heavy (non-hydrogen) atoms. The predicted molar refractivity (Wildman–Crippen MR) is 170 cm³/mol. The van der Waals surface area contributed by atoms with E-state index in [1.165, 1.54) is 0 Å². The van der Waals surface area contributed by atoms with Crippen molar-refractivity contribution >= 4 is 8.32 Å². The smallest absolute Gasteiger partial charge is 0.192 e. The van der Waals surface area contributed by atoms with Crippen molar-refractivity contribution in [2.24, 2.45) is 0 Å². The quantitative estimate of drug-likeness (QED) is 0.214. The highest BCUT2D eigenvalue weighted by Crippen LogP contribution is 2.51. The third kappa shape index (κ3) is 7.37. The lowest BCUT2D eigenvalue weighted by Gasteiger charge is -2.61. The third-order valence-electron chi connectivity index (χ3n) is 10.1. The van der Waals surface area contributed by atoms with Crippen molar-refractivity contribution in [2.45, 2.75) is 140 Å². The SMILES string of the molecule is CC(O)[C@@]1(C)O[C@@]2(C)C[C@@H](OCc3ccccc3)[C@](C)(CCOCc3ccccc3)O[C@@H]2C[C@@H]1O[Si](C)(C)C(C)(C)C. The summed E-state index contributed by atoms with van der Waals surface area (Å²) >= 11 is 0. The molecule has 2 aromatic rings. The molecule has 0 spiro atoms. The Morgan fingerprint density at radius 3 is 2.05 bits per heavy atom. The van der Waals surface area contributed by atoms with Gasteiger partial charge in [-0.05, 0) is 57.0 Å². The van der Waals surface area contributed by atoms with Crippen molar-refractivity contribution in [3.05, 3.63) is 71.8 Å². The highest BCUT2D eigenvalue weighted by Gasteiger charge is 2.62. The monoisotopic (exact) mass is 598 g/mol. The van der Waals surface area contributed by atoms with Gasteiger partial charge in [-0.15, -0.1) is 0 Å². The summed E-state index contributed by atoms with van der Waals surface area (Å²) in [4.78, 5) is 0. The average molecular weight is 599 g/mol. The maximum atomic E-state index is 11.1. The van der Waals surface area contributed by atoms with Crippen molar-refractivity contribution < 1.29 is 28.5 Å². The van der Waals surface area contributed by atoms with Crippen molar-refractivity contribution in [1.82, 2.24) is 0 Å². The second kappa shape index (κ2) is 12.8. The predicted octanol–water partition coefficient (Wildman–Crippen LogP) is 7.44. The first-order valence-electron chi connectivity index (χ1n) is 15.6. The Hall–Kier alpha value is -1.58. The summed E-state index contributed by atoms with van der Waals surface area (Å²) in [6.45, 7) is 20.9. The van der Waals surface area contributed by atoms with Crippen molar-refractivity contribution in [3.8, 4) is 0 Å². The lowest BCUT2D eigenvalue weighted by molar-refractivity contribution is -0.348. The van der Waals surface area contributed by atoms with Crippen molar-refractivity contribution in [2.75, 3.05) is 6.61 Å². The lowest BCUT2D eigenvalue weighted by Crippen LogP contribution is -2.72. The maximum absolute atomic E-state index is 11.1. The molecule has 2 saturated heterocycles. The van der Waals surface area contributed by atoms with Gasteiger partial charge in [0.25, 0.3) is 0 Å². The molecule has 7 atom stereocenters. The van der Waals surface area contributed by atoms with E-state index in [1.807, 2.05) is 50.2 Å². The zero-order chi connectivity index (χ0) is 30.8. The van der Waals surface area contributed by atoms with Crippen LogP contribution in [0.3, 0.4) is 0 Å². The summed E-state index contributed by atoms with van der Waals surface area (Å²) in [5.41, 5.74) is 0.166. The zero-order valence-corrected chi connectivity index (χ0v) is 28.3. The number of aliphatic hydroxyl groups excluding tert-OH is 1. The molecule has 0 radical (unpaired) electrons. The van der Waals surface area contributed by atoms with Crippen LogP contribution in [0, 0.1) is 0 Å². The number of aliphatic hydroxyl groups is 1. The highest BCUT2D eigenvalue weighted by molar-refractivity contribution is 6.74. The molecule has 2 aliphatic heterocycles. The molecular formula is C35H54O6Si. The van der Waals surface area contributed by atoms with Gasteiger partial charge in [-0.2, -0.15) is 0 Å². The zero-order valence-electron chi connectivity index (χ0n) is 27.3. The van der Waals surface area contributed by atoms with E-state index in [0.717, 1.165) is 11.1 Å². The number of ether oxygens (including phenoxy) is 4. The molecule has 2 heterocycles. The van der Waals surface area contributed by atoms with E-state index in [9.17, 15) is 5.11 Å². The van der Waals surface area contributed by atoms with E-state index in [2.05, 4.69) is 72.0 Å². The molecule has 2 aromatic carbocycles. The molecule has 2 aliphatic rings. The van der Waals surface area contributed by atoms with E-state index in [4.69, 9.17) is 23.4 Å². The van der Waals surface area contributed by atoms with Gasteiger partial charge in [0.15, 0.2) is 8.32 Å². The van der Waals surface area contributed by atoms with Gasteiger partial charge in [-0.1, -0.05) is 81.4 Å². The van der Waals surface area contributed by atoms with Gasteiger partial charge in [0.05, 0.1) is 48.8 Å². The Kier molecular flexibility index (Phi) is 10.2. The van der Waals surface area contributed by atoms with Gasteiger partial charge in [-0.25, -0.2) is 0 Å². The topological polar surface area (TPSA) is 66.4 Å². The van der Waals surface area contributed by atoms with E-state index < -0.39 is 31.2 Å². The van der Waals surface area contributed by atoms with E-state index >= 15 is 0 Å². The number of benzene rings is 2. The van der Waals surface area contributed by atoms with Gasteiger partial charge in [-0.3, -0.25) is 0 Å². The largest absolute Gasteiger partial charge is 0.411 e. The van der Waals surface area contributed by atoms with E-state index in [-0.39, 0.29) is 23.4 Å². The van der Waals surface area contributed by atoms with Crippen LogP contribution in [0.25, 0.3) is 0 Å². The number of rotatable bonds is 11. The summed E-state index contributed by atoms with van der Waals surface area (Å²) in [5.74, 6) is 0. The van der Waals surface area contributed by atoms with Gasteiger partial charge >= 0.3 is 0 Å². The molecule has 7 heteroatoms. The molecule has 0 saturated carbocycles. The van der Waals surface area contributed by atoms with E-state index in [1.54, 1.807) is 0 Å². The van der Waals surface area contributed by atoms with Crippen LogP contribution in [0.15, 0.2) is 60.7 Å². The van der Waals surface area contributed by atoms with Crippen LogP contribution < -0.4 is 0 Å². The Morgan fingerprint density at radius 2 is 1.50 bits per heavy atom. The van der Waals surface area contributed by atoms with Crippen LogP contribution in [-0.2, 0) is 36.6 Å². The van der Waals surface area contributed by atoms with Gasteiger partial charge < -0.3 is 28.5 Å². The molecule has 1 unspecified atom stereocenters. The second-order valence-corrected chi connectivity index (χ2v) is 19.3. The minimum atomic E-state index is -2.16. The Morgan fingerprint density at radius 1 is 0.929 bits per heavy atom. The van der Waals surface area contributed by atoms with Crippen LogP contribution in [0.5, 0.6) is 0 Å². The summed E-state index contributed by atoms with van der Waals surface area (Å²) in [7, 11) is -2.16. The fourth-order valence-electron chi connectivity index (χ4n) is 5.96. The fourth-order valence-corrected chi connectivity index (χ4v) is 7.35. The van der Waals surface area contributed by atoms with Crippen LogP contribution >= 0.6 is 0 Å². The molecule has 4 rings (SSSR count). The number of hydrogen-bond acceptors (Lipinski definition) is 6. The molecule has 0 aliphatic carbocycles. The summed E-state index contributed by atoms with van der Waals surface area (Å²) < 4.78 is 33.8. The Balaban J connectivity index is 1.57. The van der Waals surface area contributed by atoms with Crippen LogP contribution in [0.4, 0.5) is 0 Å². The first-order chi connectivity index (χ1) is 19.6. The lowest BCUT2D eigenvalue weighted by atomic mass is 9.73. The minimum absolute atomic E-state index is 0.0295. The van der Waals surface area contributed by atoms with Crippen LogP contribution in [0.2, 0.25) is 18.1 Å². The molecular weight excluding hydrogens is 544 g/mol. The third-order valence-corrected chi connectivity index (χ3v) is 14.6.